The van der Waals surface area contributed by atoms with E-state index in [0.717, 1.165) is 5.56 Å². The second-order valence-electron chi connectivity index (χ2n) is 5.88. The van der Waals surface area contributed by atoms with Crippen molar-refractivity contribution in [3.8, 4) is 11.1 Å². The van der Waals surface area contributed by atoms with Crippen molar-refractivity contribution in [2.45, 2.75) is 12.7 Å². The van der Waals surface area contributed by atoms with Crippen molar-refractivity contribution in [1.82, 2.24) is 10.2 Å². The molecule has 24 heavy (non-hydrogen) atoms. The molecule has 2 aromatic carbocycles. The summed E-state index contributed by atoms with van der Waals surface area (Å²) in [6, 6.07) is 18.7. The Morgan fingerprint density at radius 3 is 2.46 bits per heavy atom. The molecule has 0 unspecified atom stereocenters. The van der Waals surface area contributed by atoms with Gasteiger partial charge in [-0.2, -0.15) is 0 Å². The Balaban J connectivity index is 1.43. The summed E-state index contributed by atoms with van der Waals surface area (Å²) in [6.07, 6.45) is 1.79. The molecule has 1 N–H and O–H groups in total. The molecule has 1 fully saturated rings. The highest BCUT2D eigenvalue weighted by molar-refractivity contribution is 5.75. The summed E-state index contributed by atoms with van der Waals surface area (Å²) in [7, 11) is 0. The topological polar surface area (TPSA) is 41.6 Å². The number of nitrogens with zero attached hydrogens (tertiary/aromatic N) is 1. The molecule has 0 spiro atoms. The molecule has 124 valence electrons. The Bertz CT molecular complexity index is 677. The number of ether oxygens (including phenoxy) is 1. The molecule has 0 radical (unpaired) electrons. The summed E-state index contributed by atoms with van der Waals surface area (Å²) >= 11 is 0. The lowest BCUT2D eigenvalue weighted by molar-refractivity contribution is -0.0440. The van der Waals surface area contributed by atoms with Gasteiger partial charge < -0.3 is 15.0 Å². The van der Waals surface area contributed by atoms with Crippen molar-refractivity contribution in [3.63, 3.8) is 0 Å². The molecule has 2 amide bonds. The van der Waals surface area contributed by atoms with Gasteiger partial charge >= 0.3 is 6.03 Å². The highest BCUT2D eigenvalue weighted by atomic mass is 16.5. The zero-order valence-corrected chi connectivity index (χ0v) is 13.7. The first-order valence-electron chi connectivity index (χ1n) is 8.16. The third-order valence-electron chi connectivity index (χ3n) is 4.08. The van der Waals surface area contributed by atoms with Crippen LogP contribution in [0.15, 0.2) is 67.3 Å². The van der Waals surface area contributed by atoms with Crippen molar-refractivity contribution < 1.29 is 9.53 Å². The van der Waals surface area contributed by atoms with Crippen LogP contribution in [0.2, 0.25) is 0 Å². The average Bonchev–Trinajstić information content (AvgIpc) is 2.60. The van der Waals surface area contributed by atoms with Gasteiger partial charge in [-0.25, -0.2) is 4.79 Å². The van der Waals surface area contributed by atoms with Crippen LogP contribution in [-0.2, 0) is 11.3 Å². The maximum absolute atomic E-state index is 11.7. The third-order valence-corrected chi connectivity index (χ3v) is 4.08. The molecule has 1 aliphatic rings. The quantitative estimate of drug-likeness (QED) is 0.828. The summed E-state index contributed by atoms with van der Waals surface area (Å²) < 4.78 is 5.85. The highest BCUT2D eigenvalue weighted by Crippen LogP contribution is 2.20. The minimum absolute atomic E-state index is 0.0537. The van der Waals surface area contributed by atoms with E-state index < -0.39 is 0 Å². The largest absolute Gasteiger partial charge is 0.370 e. The van der Waals surface area contributed by atoms with E-state index in [4.69, 9.17) is 4.74 Å². The average molecular weight is 322 g/mol. The number of urea groups is 1. The summed E-state index contributed by atoms with van der Waals surface area (Å²) in [5, 5.41) is 2.76. The fourth-order valence-corrected chi connectivity index (χ4v) is 2.62. The Labute approximate surface area is 142 Å². The van der Waals surface area contributed by atoms with Gasteiger partial charge in [-0.15, -0.1) is 6.58 Å². The first kappa shape index (κ1) is 16.3. The molecular formula is C20H22N2O2. The molecule has 0 aliphatic carbocycles. The monoisotopic (exact) mass is 322 g/mol. The maximum atomic E-state index is 11.7. The summed E-state index contributed by atoms with van der Waals surface area (Å²) in [5.74, 6) is 0. The first-order valence-corrected chi connectivity index (χ1v) is 8.16. The molecular weight excluding hydrogens is 300 g/mol. The standard InChI is InChI=1S/C20H22N2O2/c1-2-12-21-20(23)22-13-19(14-22)24-15-16-8-10-18(11-9-16)17-6-4-3-5-7-17/h2-11,19H,1,12-15H2,(H,21,23). The molecule has 2 aromatic rings. The van der Waals surface area contributed by atoms with Crippen LogP contribution >= 0.6 is 0 Å². The van der Waals surface area contributed by atoms with Crippen LogP contribution in [0, 0.1) is 0 Å². The van der Waals surface area contributed by atoms with Crippen LogP contribution in [0.1, 0.15) is 5.56 Å². The van der Waals surface area contributed by atoms with Crippen molar-refractivity contribution in [3.05, 3.63) is 72.8 Å². The number of hydrogen-bond acceptors (Lipinski definition) is 2. The second kappa shape index (κ2) is 7.79. The summed E-state index contributed by atoms with van der Waals surface area (Å²) in [5.41, 5.74) is 3.56. The molecule has 1 aliphatic heterocycles. The van der Waals surface area contributed by atoms with Crippen LogP contribution in [0.4, 0.5) is 4.79 Å². The van der Waals surface area contributed by atoms with Crippen LogP contribution in [0.3, 0.4) is 0 Å². The van der Waals surface area contributed by atoms with E-state index in [-0.39, 0.29) is 12.1 Å². The summed E-state index contributed by atoms with van der Waals surface area (Å²) in [4.78, 5) is 13.4. The molecule has 1 heterocycles. The van der Waals surface area contributed by atoms with Gasteiger partial charge in [0, 0.05) is 6.54 Å². The number of amides is 2. The fourth-order valence-electron chi connectivity index (χ4n) is 2.62. The van der Waals surface area contributed by atoms with Crippen LogP contribution < -0.4 is 5.32 Å². The van der Waals surface area contributed by atoms with Crippen LogP contribution in [0.25, 0.3) is 11.1 Å². The minimum Gasteiger partial charge on any atom is -0.370 e. The van der Waals surface area contributed by atoms with Crippen molar-refractivity contribution >= 4 is 6.03 Å². The van der Waals surface area contributed by atoms with Gasteiger partial charge in [0.25, 0.3) is 0 Å². The van der Waals surface area contributed by atoms with Crippen LogP contribution in [0.5, 0.6) is 0 Å². The van der Waals surface area contributed by atoms with Crippen molar-refractivity contribution in [2.75, 3.05) is 19.6 Å². The van der Waals surface area contributed by atoms with Gasteiger partial charge in [0.15, 0.2) is 0 Å². The predicted octanol–water partition coefficient (Wildman–Crippen LogP) is 3.45. The van der Waals surface area contributed by atoms with E-state index in [1.54, 1.807) is 11.0 Å². The van der Waals surface area contributed by atoms with Gasteiger partial charge in [0.05, 0.1) is 25.8 Å². The zero-order chi connectivity index (χ0) is 16.8. The molecule has 4 heteroatoms. The molecule has 0 atom stereocenters. The van der Waals surface area contributed by atoms with Gasteiger partial charge in [0.2, 0.25) is 0 Å². The number of benzene rings is 2. The van der Waals surface area contributed by atoms with E-state index in [9.17, 15) is 4.79 Å². The lowest BCUT2D eigenvalue weighted by Crippen LogP contribution is -2.57. The summed E-state index contributed by atoms with van der Waals surface area (Å²) in [6.45, 7) is 5.94. The van der Waals surface area contributed by atoms with E-state index in [1.807, 2.05) is 18.2 Å². The Morgan fingerprint density at radius 2 is 1.79 bits per heavy atom. The van der Waals surface area contributed by atoms with E-state index in [2.05, 4.69) is 48.3 Å². The van der Waals surface area contributed by atoms with Crippen molar-refractivity contribution in [2.24, 2.45) is 0 Å². The predicted molar refractivity (Wildman–Crippen MR) is 95.6 cm³/mol. The molecule has 0 saturated carbocycles. The first-order chi connectivity index (χ1) is 11.8. The van der Waals surface area contributed by atoms with Gasteiger partial charge in [-0.3, -0.25) is 0 Å². The number of rotatable bonds is 6. The normalized spacial score (nSPS) is 14.1. The van der Waals surface area contributed by atoms with E-state index in [0.29, 0.717) is 26.2 Å². The van der Waals surface area contributed by atoms with Crippen LogP contribution in [-0.4, -0.2) is 36.7 Å². The Kier molecular flexibility index (Phi) is 5.29. The Hall–Kier alpha value is -2.59. The Morgan fingerprint density at radius 1 is 1.12 bits per heavy atom. The van der Waals surface area contributed by atoms with E-state index in [1.165, 1.54) is 11.1 Å². The molecule has 1 saturated heterocycles. The van der Waals surface area contributed by atoms with Gasteiger partial charge in [-0.1, -0.05) is 60.7 Å². The van der Waals surface area contributed by atoms with E-state index >= 15 is 0 Å². The number of carbonyl (C=O) groups is 1. The van der Waals surface area contributed by atoms with Crippen molar-refractivity contribution in [1.29, 1.82) is 0 Å². The minimum atomic E-state index is -0.0537. The smallest absolute Gasteiger partial charge is 0.317 e. The van der Waals surface area contributed by atoms with Gasteiger partial charge in [-0.05, 0) is 16.7 Å². The maximum Gasteiger partial charge on any atom is 0.317 e. The molecule has 4 nitrogen and oxygen atoms in total. The van der Waals surface area contributed by atoms with Gasteiger partial charge in [0.1, 0.15) is 0 Å². The lowest BCUT2D eigenvalue weighted by Gasteiger charge is -2.38. The third kappa shape index (κ3) is 4.03. The molecule has 3 rings (SSSR count). The second-order valence-corrected chi connectivity index (χ2v) is 5.88. The number of hydrogen-bond donors (Lipinski definition) is 1. The highest BCUT2D eigenvalue weighted by Gasteiger charge is 2.30. The number of carbonyl (C=O) groups excluding carboxylic acids is 1. The zero-order valence-electron chi connectivity index (χ0n) is 13.7. The lowest BCUT2D eigenvalue weighted by atomic mass is 10.0. The molecule has 0 bridgehead atoms. The number of likely N-dealkylation sites (tertiary alicyclic amines) is 1. The SMILES string of the molecule is C=CCNC(=O)N1CC(OCc2ccc(-c3ccccc3)cc2)C1. The fraction of sp³-hybridized carbons (Fsp3) is 0.250. The number of nitrogens with one attached hydrogen (secondary N) is 1. The molecule has 0 aromatic heterocycles.